The topological polar surface area (TPSA) is 49.3 Å². The minimum absolute atomic E-state index is 0.136. The van der Waals surface area contributed by atoms with Crippen molar-refractivity contribution in [1.29, 1.82) is 0 Å². The van der Waals surface area contributed by atoms with Gasteiger partial charge in [-0.05, 0) is 55.5 Å². The number of benzene rings is 1. The van der Waals surface area contributed by atoms with Crippen molar-refractivity contribution in [1.82, 2.24) is 5.32 Å². The smallest absolute Gasteiger partial charge is 0.256 e. The van der Waals surface area contributed by atoms with Crippen LogP contribution in [-0.2, 0) is 4.79 Å². The summed E-state index contributed by atoms with van der Waals surface area (Å²) in [5, 5.41) is 13.9. The van der Waals surface area contributed by atoms with Gasteiger partial charge in [0.2, 0.25) is 0 Å². The number of aliphatic hydroxyl groups excluding tert-OH is 1. The molecule has 0 radical (unpaired) electrons. The molecule has 2 aliphatic rings. The summed E-state index contributed by atoms with van der Waals surface area (Å²) in [5.74, 6) is 0.114. The Morgan fingerprint density at radius 2 is 1.71 bits per heavy atom. The third kappa shape index (κ3) is 2.30. The highest BCUT2D eigenvalue weighted by atomic mass is 79.9. The van der Waals surface area contributed by atoms with E-state index >= 15 is 0 Å². The standard InChI is InChI=1S/C17H20BrNO2/c1-10-8-12(18)9-11(2)13(10)14-15(20)17(19-16(14)21)6-4-3-5-7-17/h8-9,20H,3-7H2,1-2H3,(H,19,21). The maximum absolute atomic E-state index is 12.5. The lowest BCUT2D eigenvalue weighted by Crippen LogP contribution is -2.46. The number of aryl methyl sites for hydroxylation is 2. The highest BCUT2D eigenvalue weighted by Crippen LogP contribution is 2.42. The molecule has 0 unspecified atom stereocenters. The molecule has 0 bridgehead atoms. The lowest BCUT2D eigenvalue weighted by atomic mass is 9.80. The Labute approximate surface area is 133 Å². The van der Waals surface area contributed by atoms with E-state index in [4.69, 9.17) is 0 Å². The monoisotopic (exact) mass is 349 g/mol. The number of halogens is 1. The molecule has 0 saturated heterocycles. The van der Waals surface area contributed by atoms with Gasteiger partial charge in [-0.3, -0.25) is 4.79 Å². The van der Waals surface area contributed by atoms with Crippen LogP contribution in [0.3, 0.4) is 0 Å². The predicted octanol–water partition coefficient (Wildman–Crippen LogP) is 4.17. The van der Waals surface area contributed by atoms with Gasteiger partial charge >= 0.3 is 0 Å². The lowest BCUT2D eigenvalue weighted by molar-refractivity contribution is -0.116. The van der Waals surface area contributed by atoms with Crippen molar-refractivity contribution in [2.24, 2.45) is 0 Å². The molecular formula is C17H20BrNO2. The van der Waals surface area contributed by atoms with Crippen molar-refractivity contribution in [2.75, 3.05) is 0 Å². The fourth-order valence-electron chi connectivity index (χ4n) is 3.74. The molecule has 1 aromatic carbocycles. The van der Waals surface area contributed by atoms with Crippen LogP contribution in [0.15, 0.2) is 22.4 Å². The Morgan fingerprint density at radius 3 is 2.29 bits per heavy atom. The zero-order valence-corrected chi connectivity index (χ0v) is 14.0. The van der Waals surface area contributed by atoms with E-state index in [1.165, 1.54) is 6.42 Å². The number of rotatable bonds is 1. The fourth-order valence-corrected chi connectivity index (χ4v) is 4.43. The van der Waals surface area contributed by atoms with Crippen LogP contribution in [0.5, 0.6) is 0 Å². The number of hydrogen-bond donors (Lipinski definition) is 2. The Kier molecular flexibility index (Phi) is 3.60. The molecule has 21 heavy (non-hydrogen) atoms. The SMILES string of the molecule is Cc1cc(Br)cc(C)c1C1=C(O)C2(CCCCC2)NC1=O. The van der Waals surface area contributed by atoms with Gasteiger partial charge in [0.1, 0.15) is 5.76 Å². The fraction of sp³-hybridized carbons (Fsp3) is 0.471. The summed E-state index contributed by atoms with van der Waals surface area (Å²) in [5.41, 5.74) is 2.84. The number of aliphatic hydroxyl groups is 1. The van der Waals surface area contributed by atoms with E-state index in [2.05, 4.69) is 21.2 Å². The van der Waals surface area contributed by atoms with E-state index in [-0.39, 0.29) is 11.7 Å². The summed E-state index contributed by atoms with van der Waals surface area (Å²) >= 11 is 3.48. The quantitative estimate of drug-likeness (QED) is 0.799. The summed E-state index contributed by atoms with van der Waals surface area (Å²) in [7, 11) is 0. The van der Waals surface area contributed by atoms with E-state index in [0.29, 0.717) is 5.57 Å². The van der Waals surface area contributed by atoms with Gasteiger partial charge in [-0.15, -0.1) is 0 Å². The van der Waals surface area contributed by atoms with Gasteiger partial charge in [-0.25, -0.2) is 0 Å². The molecular weight excluding hydrogens is 330 g/mol. The molecule has 1 saturated carbocycles. The molecule has 2 N–H and O–H groups in total. The average molecular weight is 350 g/mol. The maximum atomic E-state index is 12.5. The molecule has 0 atom stereocenters. The zero-order valence-electron chi connectivity index (χ0n) is 12.4. The number of amides is 1. The first kappa shape index (κ1) is 14.6. The molecule has 1 spiro atoms. The molecule has 3 rings (SSSR count). The van der Waals surface area contributed by atoms with E-state index < -0.39 is 5.54 Å². The second kappa shape index (κ2) is 5.16. The van der Waals surface area contributed by atoms with Crippen molar-refractivity contribution < 1.29 is 9.90 Å². The van der Waals surface area contributed by atoms with Gasteiger partial charge in [0.25, 0.3) is 5.91 Å². The molecule has 1 aliphatic carbocycles. The molecule has 1 amide bonds. The molecule has 3 nitrogen and oxygen atoms in total. The second-order valence-corrected chi connectivity index (χ2v) is 7.15. The van der Waals surface area contributed by atoms with Crippen molar-refractivity contribution in [3.05, 3.63) is 39.1 Å². The predicted molar refractivity (Wildman–Crippen MR) is 87.1 cm³/mol. The highest BCUT2D eigenvalue weighted by Gasteiger charge is 2.46. The number of carbonyl (C=O) groups is 1. The first-order valence-electron chi connectivity index (χ1n) is 7.48. The molecule has 1 aliphatic heterocycles. The van der Waals surface area contributed by atoms with Crippen LogP contribution < -0.4 is 5.32 Å². The molecule has 112 valence electrons. The van der Waals surface area contributed by atoms with Crippen molar-refractivity contribution >= 4 is 27.4 Å². The van der Waals surface area contributed by atoms with Gasteiger partial charge in [0, 0.05) is 4.47 Å². The number of carbonyl (C=O) groups excluding carboxylic acids is 1. The van der Waals surface area contributed by atoms with Gasteiger partial charge in [0.05, 0.1) is 11.1 Å². The average Bonchev–Trinajstić information content (AvgIpc) is 2.63. The molecule has 1 heterocycles. The van der Waals surface area contributed by atoms with Crippen molar-refractivity contribution in [2.45, 2.75) is 51.5 Å². The summed E-state index contributed by atoms with van der Waals surface area (Å²) in [4.78, 5) is 12.5. The maximum Gasteiger partial charge on any atom is 0.256 e. The van der Waals surface area contributed by atoms with Crippen LogP contribution in [0.4, 0.5) is 0 Å². The Morgan fingerprint density at radius 1 is 1.14 bits per heavy atom. The number of hydrogen-bond acceptors (Lipinski definition) is 2. The van der Waals surface area contributed by atoms with Gasteiger partial charge < -0.3 is 10.4 Å². The van der Waals surface area contributed by atoms with Gasteiger partial charge in [-0.1, -0.05) is 35.2 Å². The Balaban J connectivity index is 2.15. The summed E-state index contributed by atoms with van der Waals surface area (Å²) in [6.45, 7) is 3.96. The van der Waals surface area contributed by atoms with Crippen LogP contribution >= 0.6 is 15.9 Å². The van der Waals surface area contributed by atoms with Crippen LogP contribution in [0.25, 0.3) is 5.57 Å². The highest BCUT2D eigenvalue weighted by molar-refractivity contribution is 9.10. The van der Waals surface area contributed by atoms with E-state index in [9.17, 15) is 9.90 Å². The first-order chi connectivity index (χ1) is 9.94. The third-order valence-electron chi connectivity index (χ3n) is 4.72. The lowest BCUT2D eigenvalue weighted by Gasteiger charge is -2.33. The minimum atomic E-state index is -0.517. The van der Waals surface area contributed by atoms with Crippen LogP contribution in [0.2, 0.25) is 0 Å². The molecule has 0 aromatic heterocycles. The second-order valence-electron chi connectivity index (χ2n) is 6.24. The summed E-state index contributed by atoms with van der Waals surface area (Å²) in [6.07, 6.45) is 4.95. The Bertz CT molecular complexity index is 619. The van der Waals surface area contributed by atoms with Crippen LogP contribution in [0, 0.1) is 13.8 Å². The van der Waals surface area contributed by atoms with E-state index in [1.807, 2.05) is 26.0 Å². The molecule has 1 fully saturated rings. The van der Waals surface area contributed by atoms with Crippen molar-refractivity contribution in [3.63, 3.8) is 0 Å². The molecule has 4 heteroatoms. The van der Waals surface area contributed by atoms with Gasteiger partial charge in [0.15, 0.2) is 0 Å². The van der Waals surface area contributed by atoms with E-state index in [0.717, 1.165) is 46.8 Å². The minimum Gasteiger partial charge on any atom is -0.509 e. The largest absolute Gasteiger partial charge is 0.509 e. The summed E-state index contributed by atoms with van der Waals surface area (Å²) < 4.78 is 0.993. The number of nitrogens with one attached hydrogen (secondary N) is 1. The zero-order chi connectivity index (χ0) is 15.2. The van der Waals surface area contributed by atoms with Gasteiger partial charge in [-0.2, -0.15) is 0 Å². The van der Waals surface area contributed by atoms with Crippen molar-refractivity contribution in [3.8, 4) is 0 Å². The molecule has 1 aromatic rings. The van der Waals surface area contributed by atoms with Crippen LogP contribution in [-0.4, -0.2) is 16.6 Å². The van der Waals surface area contributed by atoms with E-state index in [1.54, 1.807) is 0 Å². The first-order valence-corrected chi connectivity index (χ1v) is 8.27. The Hall–Kier alpha value is -1.29. The third-order valence-corrected chi connectivity index (χ3v) is 5.18. The summed E-state index contributed by atoms with van der Waals surface area (Å²) in [6, 6.07) is 3.98. The van der Waals surface area contributed by atoms with Crippen LogP contribution in [0.1, 0.15) is 48.8 Å². The normalized spacial score (nSPS) is 21.0.